The molecule has 1 aliphatic heterocycles. The highest BCUT2D eigenvalue weighted by atomic mass is 32.1. The molecule has 0 saturated carbocycles. The Morgan fingerprint density at radius 2 is 1.85 bits per heavy atom. The largest absolute Gasteiger partial charge is 0.351 e. The van der Waals surface area contributed by atoms with Crippen molar-refractivity contribution < 1.29 is 9.31 Å². The normalized spacial score (nSPS) is 17.7. The van der Waals surface area contributed by atoms with Crippen LogP contribution in [-0.2, 0) is 0 Å². The summed E-state index contributed by atoms with van der Waals surface area (Å²) in [5.74, 6) is -0.401. The number of nitro benzene ring substituents is 1. The van der Waals surface area contributed by atoms with Crippen LogP contribution in [0.2, 0.25) is 0 Å². The summed E-state index contributed by atoms with van der Waals surface area (Å²) >= 11 is 5.65. The van der Waals surface area contributed by atoms with E-state index in [2.05, 4.69) is 10.3 Å². The monoisotopic (exact) mass is 459 g/mol. The molecule has 0 radical (unpaired) electrons. The number of para-hydroxylation sites is 1. The Balaban J connectivity index is 1.68. The summed E-state index contributed by atoms with van der Waals surface area (Å²) in [5.41, 5.74) is 2.47. The molecule has 0 aliphatic carbocycles. The molecule has 164 valence electrons. The molecular formula is C24H18FN5O2S. The summed E-state index contributed by atoms with van der Waals surface area (Å²) in [7, 11) is 0. The Labute approximate surface area is 194 Å². The van der Waals surface area contributed by atoms with E-state index in [0.29, 0.717) is 16.5 Å². The number of halogens is 1. The zero-order chi connectivity index (χ0) is 22.9. The topological polar surface area (TPSA) is 76.2 Å². The lowest BCUT2D eigenvalue weighted by Crippen LogP contribution is -2.31. The second-order valence-electron chi connectivity index (χ2n) is 7.53. The number of nitro groups is 1. The first-order valence-corrected chi connectivity index (χ1v) is 10.6. The van der Waals surface area contributed by atoms with Crippen molar-refractivity contribution in [3.63, 3.8) is 0 Å². The lowest BCUT2D eigenvalue weighted by Gasteiger charge is -2.29. The van der Waals surface area contributed by atoms with E-state index in [9.17, 15) is 14.5 Å². The third-order valence-corrected chi connectivity index (χ3v) is 5.93. The van der Waals surface area contributed by atoms with E-state index in [0.717, 1.165) is 11.4 Å². The third-order valence-electron chi connectivity index (χ3n) is 5.61. The van der Waals surface area contributed by atoms with Crippen LogP contribution in [0.25, 0.3) is 5.69 Å². The minimum Gasteiger partial charge on any atom is -0.351 e. The van der Waals surface area contributed by atoms with Crippen molar-refractivity contribution in [1.82, 2.24) is 14.9 Å². The summed E-state index contributed by atoms with van der Waals surface area (Å²) in [5, 5.41) is 15.0. The zero-order valence-electron chi connectivity index (χ0n) is 17.2. The number of nitrogens with one attached hydrogen (secondary N) is 1. The van der Waals surface area contributed by atoms with E-state index in [1.54, 1.807) is 41.4 Å². The van der Waals surface area contributed by atoms with Crippen molar-refractivity contribution in [2.45, 2.75) is 12.1 Å². The van der Waals surface area contributed by atoms with Gasteiger partial charge in [-0.1, -0.05) is 24.3 Å². The van der Waals surface area contributed by atoms with Gasteiger partial charge >= 0.3 is 0 Å². The van der Waals surface area contributed by atoms with E-state index in [1.165, 1.54) is 18.2 Å². The Morgan fingerprint density at radius 3 is 2.61 bits per heavy atom. The average molecular weight is 460 g/mol. The van der Waals surface area contributed by atoms with Gasteiger partial charge in [0, 0.05) is 30.2 Å². The summed E-state index contributed by atoms with van der Waals surface area (Å²) in [6.45, 7) is 0. The Bertz CT molecular complexity index is 1340. The molecule has 1 aliphatic rings. The molecule has 0 bridgehead atoms. The first-order chi connectivity index (χ1) is 16.0. The summed E-state index contributed by atoms with van der Waals surface area (Å²) < 4.78 is 16.8. The molecule has 0 unspecified atom stereocenters. The van der Waals surface area contributed by atoms with Crippen LogP contribution in [0, 0.1) is 15.9 Å². The second-order valence-corrected chi connectivity index (χ2v) is 7.91. The minimum absolute atomic E-state index is 0.0144. The number of nitrogens with zero attached hydrogens (tertiary/aromatic N) is 4. The Morgan fingerprint density at radius 1 is 1.03 bits per heavy atom. The maximum atomic E-state index is 14.9. The first kappa shape index (κ1) is 20.8. The van der Waals surface area contributed by atoms with Crippen molar-refractivity contribution in [3.8, 4) is 5.69 Å². The fraction of sp³-hybridized carbons (Fsp3) is 0.0833. The molecule has 0 spiro atoms. The number of rotatable bonds is 5. The molecule has 1 saturated heterocycles. The molecule has 7 nitrogen and oxygen atoms in total. The molecule has 4 aromatic rings. The Hall–Kier alpha value is -4.11. The highest BCUT2D eigenvalue weighted by Gasteiger charge is 2.43. The number of pyridine rings is 1. The fourth-order valence-corrected chi connectivity index (χ4v) is 4.53. The molecule has 33 heavy (non-hydrogen) atoms. The van der Waals surface area contributed by atoms with Crippen LogP contribution in [0.15, 0.2) is 91.3 Å². The van der Waals surface area contributed by atoms with Crippen LogP contribution in [0.1, 0.15) is 23.5 Å². The fourth-order valence-electron chi connectivity index (χ4n) is 4.19. The lowest BCUT2D eigenvalue weighted by atomic mass is 10.0. The number of benzene rings is 2. The van der Waals surface area contributed by atoms with Gasteiger partial charge in [-0.2, -0.15) is 0 Å². The molecule has 2 atom stereocenters. The quantitative estimate of drug-likeness (QED) is 0.254. The van der Waals surface area contributed by atoms with E-state index in [1.807, 2.05) is 41.1 Å². The number of anilines is 1. The van der Waals surface area contributed by atoms with Gasteiger partial charge in [-0.3, -0.25) is 15.1 Å². The van der Waals surface area contributed by atoms with Crippen molar-refractivity contribution in [1.29, 1.82) is 0 Å². The number of hydrogen-bond acceptors (Lipinski definition) is 4. The summed E-state index contributed by atoms with van der Waals surface area (Å²) in [6, 6.07) is 21.4. The molecule has 2 aromatic heterocycles. The van der Waals surface area contributed by atoms with Gasteiger partial charge in [-0.15, -0.1) is 0 Å². The molecule has 0 amide bonds. The van der Waals surface area contributed by atoms with E-state index >= 15 is 0 Å². The molecular weight excluding hydrogens is 441 g/mol. The second kappa shape index (κ2) is 8.44. The molecule has 2 aromatic carbocycles. The molecule has 1 fully saturated rings. The summed E-state index contributed by atoms with van der Waals surface area (Å²) in [4.78, 5) is 17.1. The molecule has 5 rings (SSSR count). The number of non-ortho nitro benzene ring substituents is 1. The molecule has 9 heteroatoms. The van der Waals surface area contributed by atoms with Gasteiger partial charge < -0.3 is 14.8 Å². The highest BCUT2D eigenvalue weighted by molar-refractivity contribution is 7.80. The molecule has 1 N–H and O–H groups in total. The van der Waals surface area contributed by atoms with E-state index in [-0.39, 0.29) is 11.7 Å². The number of thiocarbonyl (C=S) groups is 1. The van der Waals surface area contributed by atoms with Crippen LogP contribution in [0.4, 0.5) is 15.8 Å². The van der Waals surface area contributed by atoms with E-state index in [4.69, 9.17) is 12.2 Å². The van der Waals surface area contributed by atoms with Gasteiger partial charge in [0.2, 0.25) is 0 Å². The van der Waals surface area contributed by atoms with Crippen LogP contribution in [-0.4, -0.2) is 19.6 Å². The van der Waals surface area contributed by atoms with Gasteiger partial charge in [-0.25, -0.2) is 4.39 Å². The van der Waals surface area contributed by atoms with Gasteiger partial charge in [0.15, 0.2) is 5.11 Å². The van der Waals surface area contributed by atoms with Crippen LogP contribution < -0.4 is 10.2 Å². The van der Waals surface area contributed by atoms with Crippen LogP contribution >= 0.6 is 12.2 Å². The smallest absolute Gasteiger partial charge is 0.271 e. The number of hydrogen-bond donors (Lipinski definition) is 1. The zero-order valence-corrected chi connectivity index (χ0v) is 18.0. The van der Waals surface area contributed by atoms with Gasteiger partial charge in [0.25, 0.3) is 5.69 Å². The van der Waals surface area contributed by atoms with Crippen molar-refractivity contribution in [2.24, 2.45) is 0 Å². The predicted molar refractivity (Wildman–Crippen MR) is 127 cm³/mol. The maximum Gasteiger partial charge on any atom is 0.271 e. The SMILES string of the molecule is O=[N+]([O-])c1cccc(-n2cccc2[C@H]2[C@@H](c3ccccn3)NC(=S)N2c2ccccc2F)c1. The molecule has 3 heterocycles. The van der Waals surface area contributed by atoms with Crippen LogP contribution in [0.3, 0.4) is 0 Å². The Kier molecular flexibility index (Phi) is 5.31. The van der Waals surface area contributed by atoms with Crippen molar-refractivity contribution >= 4 is 28.7 Å². The van der Waals surface area contributed by atoms with Gasteiger partial charge in [0.1, 0.15) is 11.9 Å². The van der Waals surface area contributed by atoms with Gasteiger partial charge in [0.05, 0.1) is 28.0 Å². The van der Waals surface area contributed by atoms with Crippen molar-refractivity contribution in [2.75, 3.05) is 4.90 Å². The highest BCUT2D eigenvalue weighted by Crippen LogP contribution is 2.43. The maximum absolute atomic E-state index is 14.9. The predicted octanol–water partition coefficient (Wildman–Crippen LogP) is 5.10. The average Bonchev–Trinajstić information content (AvgIpc) is 3.44. The summed E-state index contributed by atoms with van der Waals surface area (Å²) in [6.07, 6.45) is 3.52. The standard InChI is InChI=1S/C24H18FN5O2S/c25-18-9-1-2-11-20(18)29-23(22(27-24(29)33)19-10-3-4-13-26-19)21-12-6-14-28(21)16-7-5-8-17(15-16)30(31)32/h1-15,22-23H,(H,27,33)/t22-,23+/m1/s1. The first-order valence-electron chi connectivity index (χ1n) is 10.2. The van der Waals surface area contributed by atoms with Crippen molar-refractivity contribution in [3.05, 3.63) is 119 Å². The number of aromatic nitrogens is 2. The minimum atomic E-state index is -0.460. The van der Waals surface area contributed by atoms with Gasteiger partial charge in [-0.05, 0) is 54.7 Å². The van der Waals surface area contributed by atoms with Crippen LogP contribution in [0.5, 0.6) is 0 Å². The lowest BCUT2D eigenvalue weighted by molar-refractivity contribution is -0.384. The van der Waals surface area contributed by atoms with E-state index < -0.39 is 16.8 Å². The third kappa shape index (κ3) is 3.72.